The predicted octanol–water partition coefficient (Wildman–Crippen LogP) is 6.77. The van der Waals surface area contributed by atoms with Crippen molar-refractivity contribution >= 4 is 33.9 Å². The number of nitriles is 2. The monoisotopic (exact) mass is 543 g/mol. The Morgan fingerprint density at radius 3 is 2.59 bits per heavy atom. The Hall–Kier alpha value is -4.21. The zero-order chi connectivity index (χ0) is 28.7. The minimum absolute atomic E-state index is 0.223. The van der Waals surface area contributed by atoms with Crippen LogP contribution in [0.2, 0.25) is 5.02 Å². The van der Waals surface area contributed by atoms with Crippen LogP contribution in [0.1, 0.15) is 70.3 Å². The van der Waals surface area contributed by atoms with Crippen LogP contribution < -0.4 is 10.6 Å². The van der Waals surface area contributed by atoms with Gasteiger partial charge in [0, 0.05) is 23.3 Å². The van der Waals surface area contributed by atoms with Crippen LogP contribution in [-0.4, -0.2) is 26.0 Å². The normalized spacial score (nSPS) is 16.0. The third-order valence-electron chi connectivity index (χ3n) is 6.79. The molecule has 8 nitrogen and oxygen atoms in total. The number of rotatable bonds is 8. The first kappa shape index (κ1) is 25.1. The van der Waals surface area contributed by atoms with Gasteiger partial charge in [-0.05, 0) is 48.1 Å². The quantitative estimate of drug-likeness (QED) is 0.252. The molecule has 5 rings (SSSR count). The van der Waals surface area contributed by atoms with E-state index in [4.69, 9.17) is 11.6 Å². The molecule has 1 saturated carbocycles. The number of hydrogen-bond acceptors (Lipinski definition) is 7. The number of benzene rings is 2. The Kier molecular flexibility index (Phi) is 6.76. The van der Waals surface area contributed by atoms with Crippen molar-refractivity contribution in [3.63, 3.8) is 0 Å². The van der Waals surface area contributed by atoms with Gasteiger partial charge in [-0.25, -0.2) is 9.07 Å². The number of pyridine rings is 1. The van der Waals surface area contributed by atoms with Crippen molar-refractivity contribution in [2.45, 2.75) is 58.1 Å². The maximum absolute atomic E-state index is 13.8. The van der Waals surface area contributed by atoms with Crippen LogP contribution in [0.15, 0.2) is 48.8 Å². The molecule has 2 aromatic carbocycles. The van der Waals surface area contributed by atoms with Crippen molar-refractivity contribution in [2.24, 2.45) is 5.41 Å². The van der Waals surface area contributed by atoms with E-state index in [0.29, 0.717) is 44.1 Å². The molecule has 2 N–H and O–H groups in total. The van der Waals surface area contributed by atoms with Gasteiger partial charge in [-0.15, -0.1) is 5.10 Å². The molecular weight excluding hydrogens is 515 g/mol. The highest BCUT2D eigenvalue weighted by atomic mass is 35.5. The smallest absolute Gasteiger partial charge is 0.123 e. The maximum atomic E-state index is 13.8. The third kappa shape index (κ3) is 5.64. The number of aromatic nitrogens is 4. The molecule has 0 amide bonds. The van der Waals surface area contributed by atoms with Crippen LogP contribution in [0.25, 0.3) is 10.9 Å². The molecule has 1 aliphatic carbocycles. The lowest BCUT2D eigenvalue weighted by Gasteiger charge is -2.31. The second-order valence-electron chi connectivity index (χ2n) is 10.8. The highest BCUT2D eigenvalue weighted by Crippen LogP contribution is 2.38. The highest BCUT2D eigenvalue weighted by molar-refractivity contribution is 6.35. The first-order chi connectivity index (χ1) is 19.0. The molecule has 4 aromatic rings. The molecule has 2 aromatic heterocycles. The summed E-state index contributed by atoms with van der Waals surface area (Å²) in [5.74, 6) is -0.418. The number of nitrogens with zero attached hydrogens (tertiary/aromatic N) is 6. The molecule has 198 valence electrons. The summed E-state index contributed by atoms with van der Waals surface area (Å²) in [6.07, 6.45) is 5.43. The highest BCUT2D eigenvalue weighted by Gasteiger charge is 2.28. The molecule has 0 aliphatic heterocycles. The van der Waals surface area contributed by atoms with Crippen molar-refractivity contribution in [3.8, 4) is 12.1 Å². The molecule has 2 heterocycles. The first-order valence-corrected chi connectivity index (χ1v) is 13.0. The van der Waals surface area contributed by atoms with E-state index in [1.165, 1.54) is 30.5 Å². The summed E-state index contributed by atoms with van der Waals surface area (Å²) >= 11 is 6.70. The van der Waals surface area contributed by atoms with Crippen LogP contribution in [0.4, 0.5) is 15.8 Å². The van der Waals surface area contributed by atoms with Gasteiger partial charge < -0.3 is 10.6 Å². The SMILES string of the molecule is [2H][C@@](Nc1cc(Cl)c2ncc(C#N)c(N[C@H](CC#N)C(C)(C)C)c2c1)(c1ccc(F)cc1)c1cn(C2CC2)nn1. The van der Waals surface area contributed by atoms with Gasteiger partial charge in [0.1, 0.15) is 17.6 Å². The Morgan fingerprint density at radius 1 is 1.21 bits per heavy atom. The van der Waals surface area contributed by atoms with Gasteiger partial charge in [0.2, 0.25) is 0 Å². The van der Waals surface area contributed by atoms with E-state index in [2.05, 4.69) is 38.1 Å². The standard InChI is InChI=1S/C29H28ClFN8/c1-29(2,3)25(10-11-32)36-26-18(14-33)15-34-28-22(26)12-20(13-23(28)30)35-27(17-4-6-19(31)7-5-17)24-16-39(38-37-24)21-8-9-21/h4-7,12-13,15-16,21,25,27,35H,8-10H2,1-3H3,(H,34,36)/t25-,27-/m1/s1/i27D. The van der Waals surface area contributed by atoms with Crippen molar-refractivity contribution < 1.29 is 5.76 Å². The minimum Gasteiger partial charge on any atom is -0.379 e. The van der Waals surface area contributed by atoms with E-state index in [1.54, 1.807) is 23.0 Å². The minimum atomic E-state index is -1.64. The summed E-state index contributed by atoms with van der Waals surface area (Å²) in [4.78, 5) is 4.42. The van der Waals surface area contributed by atoms with E-state index >= 15 is 0 Å². The molecule has 2 atom stereocenters. The second kappa shape index (κ2) is 10.5. The summed E-state index contributed by atoms with van der Waals surface area (Å²) in [6, 6.07) is 11.9. The maximum Gasteiger partial charge on any atom is 0.123 e. The van der Waals surface area contributed by atoms with Gasteiger partial charge in [-0.2, -0.15) is 10.5 Å². The fraction of sp³-hybridized carbons (Fsp3) is 0.345. The zero-order valence-corrected chi connectivity index (χ0v) is 22.6. The average molecular weight is 544 g/mol. The van der Waals surface area contributed by atoms with Crippen molar-refractivity contribution in [1.29, 1.82) is 10.5 Å². The Balaban J connectivity index is 1.64. The fourth-order valence-corrected chi connectivity index (χ4v) is 4.63. The second-order valence-corrected chi connectivity index (χ2v) is 11.2. The molecule has 1 fully saturated rings. The molecule has 0 spiro atoms. The lowest BCUT2D eigenvalue weighted by molar-refractivity contribution is 0.344. The number of nitrogens with one attached hydrogen (secondary N) is 2. The first-order valence-electron chi connectivity index (χ1n) is 13.2. The van der Waals surface area contributed by atoms with Crippen LogP contribution in [0, 0.1) is 33.9 Å². The van der Waals surface area contributed by atoms with Crippen LogP contribution in [0.3, 0.4) is 0 Å². The van der Waals surface area contributed by atoms with E-state index in [9.17, 15) is 16.3 Å². The lowest BCUT2D eigenvalue weighted by atomic mass is 9.84. The van der Waals surface area contributed by atoms with Gasteiger partial charge >= 0.3 is 0 Å². The molecule has 0 radical (unpaired) electrons. The molecular formula is C29H28ClFN8. The number of anilines is 2. The van der Waals surface area contributed by atoms with E-state index in [0.717, 1.165) is 12.8 Å². The summed E-state index contributed by atoms with van der Waals surface area (Å²) in [5.41, 5.74) is 2.24. The van der Waals surface area contributed by atoms with Gasteiger partial charge in [0.15, 0.2) is 0 Å². The van der Waals surface area contributed by atoms with Gasteiger partial charge in [-0.3, -0.25) is 4.98 Å². The molecule has 39 heavy (non-hydrogen) atoms. The molecule has 0 unspecified atom stereocenters. The summed E-state index contributed by atoms with van der Waals surface area (Å²) < 4.78 is 25.1. The zero-order valence-electron chi connectivity index (χ0n) is 22.8. The molecule has 0 bridgehead atoms. The van der Waals surface area contributed by atoms with Crippen molar-refractivity contribution in [1.82, 2.24) is 20.0 Å². The number of halogens is 2. The van der Waals surface area contributed by atoms with Crippen molar-refractivity contribution in [2.75, 3.05) is 10.6 Å². The van der Waals surface area contributed by atoms with Gasteiger partial charge in [0.05, 0.1) is 53.9 Å². The van der Waals surface area contributed by atoms with Crippen LogP contribution in [-0.2, 0) is 0 Å². The topological polar surface area (TPSA) is 115 Å². The predicted molar refractivity (Wildman–Crippen MR) is 149 cm³/mol. The van der Waals surface area contributed by atoms with Crippen LogP contribution >= 0.6 is 11.6 Å². The van der Waals surface area contributed by atoms with E-state index < -0.39 is 11.8 Å². The largest absolute Gasteiger partial charge is 0.379 e. The van der Waals surface area contributed by atoms with Gasteiger partial charge in [-0.1, -0.05) is 49.7 Å². The van der Waals surface area contributed by atoms with E-state index in [1.807, 2.05) is 20.8 Å². The van der Waals surface area contributed by atoms with E-state index in [-0.39, 0.29) is 23.9 Å². The lowest BCUT2D eigenvalue weighted by Crippen LogP contribution is -2.34. The molecule has 10 heteroatoms. The van der Waals surface area contributed by atoms with Crippen LogP contribution in [0.5, 0.6) is 0 Å². The van der Waals surface area contributed by atoms with Gasteiger partial charge in [0.25, 0.3) is 0 Å². The third-order valence-corrected chi connectivity index (χ3v) is 7.08. The Bertz CT molecular complexity index is 1650. The number of fused-ring (bicyclic) bond motifs is 1. The fourth-order valence-electron chi connectivity index (χ4n) is 4.37. The van der Waals surface area contributed by atoms with Crippen molar-refractivity contribution in [3.05, 3.63) is 76.5 Å². The Morgan fingerprint density at radius 2 is 1.95 bits per heavy atom. The number of hydrogen-bond donors (Lipinski definition) is 2. The summed E-state index contributed by atoms with van der Waals surface area (Å²) in [6.45, 7) is 6.05. The molecule has 0 saturated heterocycles. The summed E-state index contributed by atoms with van der Waals surface area (Å²) in [7, 11) is 0. The molecule has 1 aliphatic rings. The summed E-state index contributed by atoms with van der Waals surface area (Å²) in [5, 5.41) is 35.4. The average Bonchev–Trinajstić information content (AvgIpc) is 3.64. The Labute approximate surface area is 232 Å².